The highest BCUT2D eigenvalue weighted by molar-refractivity contribution is 4.51. The van der Waals surface area contributed by atoms with Crippen molar-refractivity contribution in [2.75, 3.05) is 47.1 Å². The van der Waals surface area contributed by atoms with Gasteiger partial charge in [-0.3, -0.25) is 0 Å². The third kappa shape index (κ3) is 9.92. The molecule has 0 aliphatic rings. The van der Waals surface area contributed by atoms with Crippen LogP contribution in [0.15, 0.2) is 0 Å². The van der Waals surface area contributed by atoms with Gasteiger partial charge < -0.3 is 19.5 Å². The highest BCUT2D eigenvalue weighted by Gasteiger charge is 1.98. The van der Waals surface area contributed by atoms with Crippen molar-refractivity contribution in [3.8, 4) is 0 Å². The fraction of sp³-hybridized carbons (Fsp3) is 1.00. The van der Waals surface area contributed by atoms with Gasteiger partial charge in [0, 0.05) is 26.9 Å². The van der Waals surface area contributed by atoms with Gasteiger partial charge in [-0.25, -0.2) is 0 Å². The zero-order valence-electron chi connectivity index (χ0n) is 9.54. The summed E-state index contributed by atoms with van der Waals surface area (Å²) in [4.78, 5) is 0. The molecular formula is C10H23NO3. The van der Waals surface area contributed by atoms with Crippen LogP contribution in [0.25, 0.3) is 0 Å². The van der Waals surface area contributed by atoms with Crippen molar-refractivity contribution in [2.24, 2.45) is 0 Å². The molecule has 0 aliphatic heterocycles. The first-order valence-electron chi connectivity index (χ1n) is 5.14. The molecule has 0 aromatic heterocycles. The van der Waals surface area contributed by atoms with Crippen molar-refractivity contribution in [1.82, 2.24) is 5.32 Å². The van der Waals surface area contributed by atoms with Crippen LogP contribution in [0.5, 0.6) is 0 Å². The third-order valence-electron chi connectivity index (χ3n) is 1.76. The first-order chi connectivity index (χ1) is 6.81. The molecule has 0 rings (SSSR count). The van der Waals surface area contributed by atoms with E-state index in [1.165, 1.54) is 0 Å². The third-order valence-corrected chi connectivity index (χ3v) is 1.76. The van der Waals surface area contributed by atoms with Gasteiger partial charge >= 0.3 is 0 Å². The lowest BCUT2D eigenvalue weighted by atomic mass is 10.4. The molecule has 0 aliphatic carbocycles. The Morgan fingerprint density at radius 2 is 1.93 bits per heavy atom. The average molecular weight is 205 g/mol. The quantitative estimate of drug-likeness (QED) is 0.532. The number of rotatable bonds is 10. The van der Waals surface area contributed by atoms with Gasteiger partial charge in [0.2, 0.25) is 0 Å². The van der Waals surface area contributed by atoms with Gasteiger partial charge in [0.1, 0.15) is 0 Å². The van der Waals surface area contributed by atoms with Crippen molar-refractivity contribution >= 4 is 0 Å². The lowest BCUT2D eigenvalue weighted by molar-refractivity contribution is 0.0310. The Morgan fingerprint density at radius 3 is 2.57 bits per heavy atom. The van der Waals surface area contributed by atoms with Crippen molar-refractivity contribution in [3.05, 3.63) is 0 Å². The summed E-state index contributed by atoms with van der Waals surface area (Å²) in [6.07, 6.45) is 1.22. The van der Waals surface area contributed by atoms with E-state index in [9.17, 15) is 0 Å². The lowest BCUT2D eigenvalue weighted by Crippen LogP contribution is -2.24. The van der Waals surface area contributed by atoms with Crippen LogP contribution in [-0.4, -0.2) is 53.2 Å². The lowest BCUT2D eigenvalue weighted by Gasteiger charge is -2.12. The summed E-state index contributed by atoms with van der Waals surface area (Å²) in [6, 6.07) is 0. The van der Waals surface area contributed by atoms with E-state index in [-0.39, 0.29) is 6.10 Å². The van der Waals surface area contributed by atoms with E-state index < -0.39 is 0 Å². The minimum Gasteiger partial charge on any atom is -0.382 e. The number of ether oxygens (including phenoxy) is 3. The monoisotopic (exact) mass is 205 g/mol. The van der Waals surface area contributed by atoms with Crippen molar-refractivity contribution in [2.45, 2.75) is 19.4 Å². The van der Waals surface area contributed by atoms with Gasteiger partial charge in [-0.05, 0) is 20.4 Å². The van der Waals surface area contributed by atoms with Gasteiger partial charge in [-0.1, -0.05) is 0 Å². The van der Waals surface area contributed by atoms with Crippen LogP contribution in [0.2, 0.25) is 0 Å². The summed E-state index contributed by atoms with van der Waals surface area (Å²) in [7, 11) is 3.60. The Hall–Kier alpha value is -0.160. The van der Waals surface area contributed by atoms with Gasteiger partial charge in [-0.2, -0.15) is 0 Å². The Morgan fingerprint density at radius 1 is 1.14 bits per heavy atom. The second-order valence-electron chi connectivity index (χ2n) is 3.20. The van der Waals surface area contributed by atoms with Crippen LogP contribution >= 0.6 is 0 Å². The largest absolute Gasteiger partial charge is 0.382 e. The van der Waals surface area contributed by atoms with Crippen LogP contribution in [-0.2, 0) is 14.2 Å². The number of likely N-dealkylation sites (N-methyl/N-ethyl adjacent to an activating group) is 1. The molecular weight excluding hydrogens is 182 g/mol. The van der Waals surface area contributed by atoms with Gasteiger partial charge in [0.25, 0.3) is 0 Å². The molecule has 86 valence electrons. The van der Waals surface area contributed by atoms with Crippen molar-refractivity contribution in [3.63, 3.8) is 0 Å². The summed E-state index contributed by atoms with van der Waals surface area (Å²) in [5.74, 6) is 0. The van der Waals surface area contributed by atoms with Crippen LogP contribution in [0, 0.1) is 0 Å². The molecule has 0 radical (unpaired) electrons. The topological polar surface area (TPSA) is 39.7 Å². The zero-order valence-corrected chi connectivity index (χ0v) is 9.54. The molecule has 0 amide bonds. The summed E-state index contributed by atoms with van der Waals surface area (Å²) in [5.41, 5.74) is 0. The van der Waals surface area contributed by atoms with Crippen molar-refractivity contribution < 1.29 is 14.2 Å². The molecule has 1 atom stereocenters. The first-order valence-corrected chi connectivity index (χ1v) is 5.14. The summed E-state index contributed by atoms with van der Waals surface area (Å²) in [5, 5.41) is 3.06. The number of methoxy groups -OCH3 is 1. The van der Waals surface area contributed by atoms with Gasteiger partial charge in [0.15, 0.2) is 0 Å². The maximum atomic E-state index is 5.52. The predicted molar refractivity (Wildman–Crippen MR) is 56.7 cm³/mol. The van der Waals surface area contributed by atoms with E-state index >= 15 is 0 Å². The summed E-state index contributed by atoms with van der Waals surface area (Å²) >= 11 is 0. The highest BCUT2D eigenvalue weighted by atomic mass is 16.5. The van der Waals surface area contributed by atoms with E-state index in [2.05, 4.69) is 12.2 Å². The van der Waals surface area contributed by atoms with Crippen LogP contribution in [0.4, 0.5) is 0 Å². The molecule has 4 nitrogen and oxygen atoms in total. The number of nitrogens with one attached hydrogen (secondary N) is 1. The maximum absolute atomic E-state index is 5.52. The van der Waals surface area contributed by atoms with E-state index in [0.717, 1.165) is 26.2 Å². The number of hydrogen-bond acceptors (Lipinski definition) is 4. The van der Waals surface area contributed by atoms with Crippen LogP contribution in [0.1, 0.15) is 13.3 Å². The molecule has 0 aromatic rings. The number of hydrogen-bond donors (Lipinski definition) is 1. The van der Waals surface area contributed by atoms with Gasteiger partial charge in [-0.15, -0.1) is 0 Å². The highest BCUT2D eigenvalue weighted by Crippen LogP contribution is 1.91. The van der Waals surface area contributed by atoms with Gasteiger partial charge in [0.05, 0.1) is 19.3 Å². The molecule has 0 aromatic carbocycles. The molecule has 0 heterocycles. The second kappa shape index (κ2) is 10.9. The minimum atomic E-state index is 0.277. The molecule has 14 heavy (non-hydrogen) atoms. The Kier molecular flexibility index (Phi) is 10.8. The molecule has 0 bridgehead atoms. The molecule has 0 saturated carbocycles. The SMILES string of the molecule is CNCC(C)OCCCOCCOC. The fourth-order valence-corrected chi connectivity index (χ4v) is 1.04. The van der Waals surface area contributed by atoms with E-state index in [1.807, 2.05) is 7.05 Å². The molecule has 4 heteroatoms. The average Bonchev–Trinajstić information content (AvgIpc) is 2.17. The summed E-state index contributed by atoms with van der Waals surface area (Å²) < 4.78 is 15.7. The smallest absolute Gasteiger partial charge is 0.0700 e. The van der Waals surface area contributed by atoms with E-state index in [1.54, 1.807) is 7.11 Å². The Labute approximate surface area is 86.9 Å². The van der Waals surface area contributed by atoms with E-state index in [4.69, 9.17) is 14.2 Å². The second-order valence-corrected chi connectivity index (χ2v) is 3.20. The first kappa shape index (κ1) is 13.8. The minimum absolute atomic E-state index is 0.277. The zero-order chi connectivity index (χ0) is 10.6. The maximum Gasteiger partial charge on any atom is 0.0700 e. The molecule has 0 saturated heterocycles. The summed E-state index contributed by atoms with van der Waals surface area (Å²) in [6.45, 7) is 5.79. The fourth-order valence-electron chi connectivity index (χ4n) is 1.04. The normalized spacial score (nSPS) is 13.1. The standard InChI is InChI=1S/C10H23NO3/c1-10(9-11-2)14-6-4-5-13-8-7-12-3/h10-11H,4-9H2,1-3H3. The Balaban J connectivity index is 2.98. The van der Waals surface area contributed by atoms with E-state index in [0.29, 0.717) is 13.2 Å². The Bertz CT molecular complexity index is 112. The molecule has 1 unspecified atom stereocenters. The molecule has 0 spiro atoms. The van der Waals surface area contributed by atoms with Crippen LogP contribution < -0.4 is 5.32 Å². The van der Waals surface area contributed by atoms with Crippen LogP contribution in [0.3, 0.4) is 0 Å². The molecule has 0 fully saturated rings. The van der Waals surface area contributed by atoms with Crippen molar-refractivity contribution in [1.29, 1.82) is 0 Å². The molecule has 1 N–H and O–H groups in total. The predicted octanol–water partition coefficient (Wildman–Crippen LogP) is 0.664.